The maximum absolute atomic E-state index is 12.2. The predicted molar refractivity (Wildman–Crippen MR) is 96.6 cm³/mol. The second-order valence-corrected chi connectivity index (χ2v) is 6.62. The number of amides is 2. The molecule has 0 saturated carbocycles. The molecule has 0 saturated heterocycles. The van der Waals surface area contributed by atoms with E-state index in [9.17, 15) is 24.5 Å². The Labute approximate surface area is 158 Å². The van der Waals surface area contributed by atoms with Gasteiger partial charge in [0.2, 0.25) is 0 Å². The Morgan fingerprint density at radius 1 is 1.04 bits per heavy atom. The minimum atomic E-state index is -0.505. The standard InChI is InChI=1S/C18H14N2O6S/c21-16(11-27-13-7-5-12(6-8-13)20(24)25)26-10-9-19-17(22)14-3-1-2-4-15(14)18(19)23/h1-8H,9-11H2. The zero-order valence-corrected chi connectivity index (χ0v) is 14.8. The predicted octanol–water partition coefficient (Wildman–Crippen LogP) is 2.53. The molecular formula is C18H14N2O6S. The van der Waals surface area contributed by atoms with E-state index in [0.717, 1.165) is 4.90 Å². The second kappa shape index (κ2) is 8.00. The molecule has 2 aromatic carbocycles. The van der Waals surface area contributed by atoms with E-state index in [1.54, 1.807) is 36.4 Å². The number of nitro groups is 1. The summed E-state index contributed by atoms with van der Waals surface area (Å²) in [6.07, 6.45) is 0. The van der Waals surface area contributed by atoms with Gasteiger partial charge in [-0.2, -0.15) is 0 Å². The summed E-state index contributed by atoms with van der Waals surface area (Å²) in [5, 5.41) is 10.6. The van der Waals surface area contributed by atoms with Gasteiger partial charge in [0.05, 0.1) is 28.3 Å². The van der Waals surface area contributed by atoms with Gasteiger partial charge in [-0.05, 0) is 24.3 Å². The lowest BCUT2D eigenvalue weighted by atomic mass is 10.1. The van der Waals surface area contributed by atoms with Gasteiger partial charge in [-0.1, -0.05) is 12.1 Å². The first-order valence-electron chi connectivity index (χ1n) is 7.95. The molecule has 1 heterocycles. The fourth-order valence-electron chi connectivity index (χ4n) is 2.54. The summed E-state index contributed by atoms with van der Waals surface area (Å²) in [6.45, 7) is -0.106. The number of rotatable bonds is 7. The number of hydrogen-bond acceptors (Lipinski definition) is 7. The van der Waals surface area contributed by atoms with E-state index >= 15 is 0 Å². The number of imide groups is 1. The number of esters is 1. The van der Waals surface area contributed by atoms with E-state index in [-0.39, 0.29) is 24.6 Å². The van der Waals surface area contributed by atoms with Crippen LogP contribution in [0.2, 0.25) is 0 Å². The van der Waals surface area contributed by atoms with Gasteiger partial charge in [-0.3, -0.25) is 29.4 Å². The normalized spacial score (nSPS) is 12.8. The Bertz CT molecular complexity index is 877. The van der Waals surface area contributed by atoms with Crippen molar-refractivity contribution in [2.24, 2.45) is 0 Å². The molecule has 0 aliphatic carbocycles. The summed E-state index contributed by atoms with van der Waals surface area (Å²) in [5.41, 5.74) is 0.674. The molecule has 3 rings (SSSR count). The third-order valence-electron chi connectivity index (χ3n) is 3.86. The van der Waals surface area contributed by atoms with E-state index < -0.39 is 22.7 Å². The fourth-order valence-corrected chi connectivity index (χ4v) is 3.24. The Kier molecular flexibility index (Phi) is 5.51. The van der Waals surface area contributed by atoms with Crippen molar-refractivity contribution >= 4 is 35.2 Å². The van der Waals surface area contributed by atoms with Gasteiger partial charge in [0.15, 0.2) is 0 Å². The van der Waals surface area contributed by atoms with E-state index in [1.807, 2.05) is 0 Å². The number of benzene rings is 2. The van der Waals surface area contributed by atoms with Crippen molar-refractivity contribution in [1.82, 2.24) is 4.90 Å². The molecule has 2 aromatic rings. The van der Waals surface area contributed by atoms with Crippen LogP contribution in [0.1, 0.15) is 20.7 Å². The third-order valence-corrected chi connectivity index (χ3v) is 4.85. The van der Waals surface area contributed by atoms with E-state index in [1.165, 1.54) is 23.9 Å². The first-order chi connectivity index (χ1) is 13.0. The van der Waals surface area contributed by atoms with Gasteiger partial charge in [-0.25, -0.2) is 0 Å². The molecule has 0 spiro atoms. The first-order valence-corrected chi connectivity index (χ1v) is 8.94. The number of carbonyl (C=O) groups excluding carboxylic acids is 3. The molecule has 0 radical (unpaired) electrons. The lowest BCUT2D eigenvalue weighted by molar-refractivity contribution is -0.384. The zero-order chi connectivity index (χ0) is 19.4. The van der Waals surface area contributed by atoms with Crippen molar-refractivity contribution in [2.75, 3.05) is 18.9 Å². The minimum absolute atomic E-state index is 0.0136. The van der Waals surface area contributed by atoms with Crippen LogP contribution >= 0.6 is 11.8 Å². The second-order valence-electron chi connectivity index (χ2n) is 5.57. The molecule has 1 aliphatic rings. The van der Waals surface area contributed by atoms with Crippen LogP contribution in [0.3, 0.4) is 0 Å². The highest BCUT2D eigenvalue weighted by atomic mass is 32.2. The molecule has 0 N–H and O–H groups in total. The SMILES string of the molecule is O=C(CSc1ccc([N+](=O)[O-])cc1)OCCN1C(=O)c2ccccc2C1=O. The highest BCUT2D eigenvalue weighted by molar-refractivity contribution is 8.00. The molecule has 0 atom stereocenters. The van der Waals surface area contributed by atoms with Gasteiger partial charge in [0.1, 0.15) is 6.61 Å². The van der Waals surface area contributed by atoms with Gasteiger partial charge in [-0.15, -0.1) is 11.8 Å². The molecule has 8 nitrogen and oxygen atoms in total. The maximum Gasteiger partial charge on any atom is 0.316 e. The van der Waals surface area contributed by atoms with Crippen LogP contribution in [0.5, 0.6) is 0 Å². The van der Waals surface area contributed by atoms with E-state index in [4.69, 9.17) is 4.74 Å². The molecule has 0 aromatic heterocycles. The van der Waals surface area contributed by atoms with Crippen molar-refractivity contribution in [3.63, 3.8) is 0 Å². The maximum atomic E-state index is 12.2. The summed E-state index contributed by atoms with van der Waals surface area (Å²) in [6, 6.07) is 12.4. The monoisotopic (exact) mass is 386 g/mol. The van der Waals surface area contributed by atoms with E-state index in [2.05, 4.69) is 0 Å². The number of hydrogen-bond donors (Lipinski definition) is 0. The number of ether oxygens (including phenoxy) is 1. The summed E-state index contributed by atoms with van der Waals surface area (Å²) < 4.78 is 5.07. The van der Waals surface area contributed by atoms with Gasteiger partial charge in [0.25, 0.3) is 17.5 Å². The Hall–Kier alpha value is -3.20. The van der Waals surface area contributed by atoms with Crippen molar-refractivity contribution in [3.8, 4) is 0 Å². The minimum Gasteiger partial charge on any atom is -0.463 e. The molecule has 2 amide bonds. The van der Waals surface area contributed by atoms with Crippen LogP contribution in [0.4, 0.5) is 5.69 Å². The first kappa shape index (κ1) is 18.6. The molecule has 138 valence electrons. The molecule has 0 unspecified atom stereocenters. The molecule has 9 heteroatoms. The number of nitro benzene ring substituents is 1. The van der Waals surface area contributed by atoms with Crippen molar-refractivity contribution in [2.45, 2.75) is 4.90 Å². The molecule has 27 heavy (non-hydrogen) atoms. The van der Waals surface area contributed by atoms with Gasteiger partial charge in [0, 0.05) is 17.0 Å². The summed E-state index contributed by atoms with van der Waals surface area (Å²) in [7, 11) is 0. The van der Waals surface area contributed by atoms with Crippen LogP contribution < -0.4 is 0 Å². The number of non-ortho nitro benzene ring substituents is 1. The molecular weight excluding hydrogens is 372 g/mol. The van der Waals surface area contributed by atoms with Gasteiger partial charge < -0.3 is 4.74 Å². The smallest absolute Gasteiger partial charge is 0.316 e. The number of thioether (sulfide) groups is 1. The number of fused-ring (bicyclic) bond motifs is 1. The largest absolute Gasteiger partial charge is 0.463 e. The van der Waals surface area contributed by atoms with Crippen LogP contribution in [0.25, 0.3) is 0 Å². The Balaban J connectivity index is 1.44. The molecule has 0 fully saturated rings. The number of nitrogens with zero attached hydrogens (tertiary/aromatic N) is 2. The van der Waals surface area contributed by atoms with Crippen LogP contribution in [-0.4, -0.2) is 46.5 Å². The highest BCUT2D eigenvalue weighted by Crippen LogP contribution is 2.23. The lowest BCUT2D eigenvalue weighted by Gasteiger charge is -2.13. The average Bonchev–Trinajstić information content (AvgIpc) is 2.92. The topological polar surface area (TPSA) is 107 Å². The summed E-state index contributed by atoms with van der Waals surface area (Å²) >= 11 is 1.18. The van der Waals surface area contributed by atoms with Crippen molar-refractivity contribution in [3.05, 3.63) is 69.8 Å². The zero-order valence-electron chi connectivity index (χ0n) is 14.0. The van der Waals surface area contributed by atoms with Crippen molar-refractivity contribution < 1.29 is 24.0 Å². The highest BCUT2D eigenvalue weighted by Gasteiger charge is 2.34. The van der Waals surface area contributed by atoms with Crippen molar-refractivity contribution in [1.29, 1.82) is 0 Å². The Morgan fingerprint density at radius 2 is 1.63 bits per heavy atom. The molecule has 0 bridgehead atoms. The van der Waals surface area contributed by atoms with E-state index in [0.29, 0.717) is 16.0 Å². The van der Waals surface area contributed by atoms with Gasteiger partial charge >= 0.3 is 5.97 Å². The lowest BCUT2D eigenvalue weighted by Crippen LogP contribution is -2.33. The fraction of sp³-hybridized carbons (Fsp3) is 0.167. The summed E-state index contributed by atoms with van der Waals surface area (Å²) in [5.74, 6) is -1.28. The van der Waals surface area contributed by atoms with Crippen LogP contribution in [0, 0.1) is 10.1 Å². The van der Waals surface area contributed by atoms with Crippen LogP contribution in [-0.2, 0) is 9.53 Å². The number of carbonyl (C=O) groups is 3. The quantitative estimate of drug-likeness (QED) is 0.237. The third kappa shape index (κ3) is 4.14. The Morgan fingerprint density at radius 3 is 2.19 bits per heavy atom. The van der Waals surface area contributed by atoms with Crippen LogP contribution in [0.15, 0.2) is 53.4 Å². The average molecular weight is 386 g/mol. The molecule has 1 aliphatic heterocycles. The summed E-state index contributed by atoms with van der Waals surface area (Å²) in [4.78, 5) is 48.0.